The molecule has 29 heavy (non-hydrogen) atoms. The van der Waals surface area contributed by atoms with Gasteiger partial charge in [-0.1, -0.05) is 35.9 Å². The Kier molecular flexibility index (Phi) is 5.97. The van der Waals surface area contributed by atoms with E-state index in [2.05, 4.69) is 5.32 Å². The van der Waals surface area contributed by atoms with E-state index >= 15 is 0 Å². The van der Waals surface area contributed by atoms with Crippen molar-refractivity contribution in [2.24, 2.45) is 0 Å². The number of rotatable bonds is 6. The third-order valence-corrected chi connectivity index (χ3v) is 4.63. The number of aryl methyl sites for hydroxylation is 2. The molecule has 0 saturated carbocycles. The first-order chi connectivity index (χ1) is 13.9. The van der Waals surface area contributed by atoms with Gasteiger partial charge >= 0.3 is 11.1 Å². The lowest BCUT2D eigenvalue weighted by molar-refractivity contribution is -0.116. The van der Waals surface area contributed by atoms with Gasteiger partial charge < -0.3 is 14.6 Å². The highest BCUT2D eigenvalue weighted by atomic mass is 16.5. The maximum atomic E-state index is 12.5. The summed E-state index contributed by atoms with van der Waals surface area (Å²) in [6.45, 7) is 3.83. The summed E-state index contributed by atoms with van der Waals surface area (Å²) in [4.78, 5) is 37.3. The molecule has 1 aromatic heterocycles. The number of amides is 1. The molecule has 0 saturated heterocycles. The number of nitrogens with one attached hydrogen (secondary N) is 1. The number of carbonyl (C=O) groups excluding carboxylic acids is 1. The fraction of sp³-hybridized carbons (Fsp3) is 0.227. The molecule has 0 bridgehead atoms. The van der Waals surface area contributed by atoms with Crippen LogP contribution in [0.15, 0.2) is 64.4 Å². The average molecular weight is 393 g/mol. The van der Waals surface area contributed by atoms with E-state index in [-0.39, 0.29) is 19.0 Å². The summed E-state index contributed by atoms with van der Waals surface area (Å²) in [5.74, 6) is 0.261. The standard InChI is InChI=1S/C22H23N3O4/c1-15-8-9-18(16(2)12-15)23-20(26)14-25-11-10-24(21(27)22(25)28)13-17-6-4-5-7-19(17)29-3/h4-12H,13-14H2,1-3H3,(H,23,26). The quantitative estimate of drug-likeness (QED) is 0.652. The molecular weight excluding hydrogens is 370 g/mol. The molecule has 3 aromatic rings. The number of para-hydroxylation sites is 1. The maximum absolute atomic E-state index is 12.5. The van der Waals surface area contributed by atoms with Gasteiger partial charge in [0.1, 0.15) is 12.3 Å². The average Bonchev–Trinajstić information content (AvgIpc) is 2.70. The predicted molar refractivity (Wildman–Crippen MR) is 112 cm³/mol. The Balaban J connectivity index is 1.78. The monoisotopic (exact) mass is 393 g/mol. The van der Waals surface area contributed by atoms with Crippen LogP contribution in [0.5, 0.6) is 5.75 Å². The van der Waals surface area contributed by atoms with Gasteiger partial charge in [0.15, 0.2) is 0 Å². The van der Waals surface area contributed by atoms with Crippen molar-refractivity contribution in [3.05, 3.63) is 92.3 Å². The first-order valence-corrected chi connectivity index (χ1v) is 9.18. The van der Waals surface area contributed by atoms with Crippen LogP contribution in [-0.4, -0.2) is 22.2 Å². The van der Waals surface area contributed by atoms with Crippen molar-refractivity contribution in [2.45, 2.75) is 26.9 Å². The predicted octanol–water partition coefficient (Wildman–Crippen LogP) is 2.32. The molecule has 0 aliphatic heterocycles. The highest BCUT2D eigenvalue weighted by Crippen LogP contribution is 2.18. The summed E-state index contributed by atoms with van der Waals surface area (Å²) in [5.41, 5.74) is 2.03. The number of aromatic nitrogens is 2. The van der Waals surface area contributed by atoms with Crippen LogP contribution in [0.1, 0.15) is 16.7 Å². The van der Waals surface area contributed by atoms with Crippen LogP contribution in [0.25, 0.3) is 0 Å². The maximum Gasteiger partial charge on any atom is 0.316 e. The molecule has 7 heteroatoms. The second-order valence-corrected chi connectivity index (χ2v) is 6.84. The third-order valence-electron chi connectivity index (χ3n) is 4.63. The number of anilines is 1. The molecule has 0 aliphatic carbocycles. The van der Waals surface area contributed by atoms with E-state index in [1.165, 1.54) is 17.0 Å². The number of hydrogen-bond acceptors (Lipinski definition) is 4. The minimum atomic E-state index is -0.752. The number of ether oxygens (including phenoxy) is 1. The minimum absolute atomic E-state index is 0.202. The van der Waals surface area contributed by atoms with Gasteiger partial charge in [-0.2, -0.15) is 0 Å². The van der Waals surface area contributed by atoms with Crippen molar-refractivity contribution in [1.29, 1.82) is 0 Å². The van der Waals surface area contributed by atoms with Gasteiger partial charge in [-0.3, -0.25) is 19.0 Å². The molecule has 0 unspecified atom stereocenters. The Labute approximate surface area is 168 Å². The zero-order chi connectivity index (χ0) is 21.0. The van der Waals surface area contributed by atoms with Crippen LogP contribution >= 0.6 is 0 Å². The van der Waals surface area contributed by atoms with Gasteiger partial charge in [-0.25, -0.2) is 0 Å². The van der Waals surface area contributed by atoms with Gasteiger partial charge in [-0.05, 0) is 31.5 Å². The van der Waals surface area contributed by atoms with Crippen LogP contribution in [0.4, 0.5) is 5.69 Å². The summed E-state index contributed by atoms with van der Waals surface area (Å²) in [5, 5.41) is 2.78. The molecule has 0 atom stereocenters. The second kappa shape index (κ2) is 8.60. The normalized spacial score (nSPS) is 10.6. The zero-order valence-corrected chi connectivity index (χ0v) is 16.6. The van der Waals surface area contributed by atoms with Gasteiger partial charge in [0, 0.05) is 23.6 Å². The number of methoxy groups -OCH3 is 1. The highest BCUT2D eigenvalue weighted by molar-refractivity contribution is 5.91. The summed E-state index contributed by atoms with van der Waals surface area (Å²) in [7, 11) is 1.55. The summed E-state index contributed by atoms with van der Waals surface area (Å²) < 4.78 is 7.70. The van der Waals surface area contributed by atoms with E-state index in [1.54, 1.807) is 13.2 Å². The molecule has 2 aromatic carbocycles. The number of carbonyl (C=O) groups is 1. The second-order valence-electron chi connectivity index (χ2n) is 6.84. The molecule has 150 valence electrons. The van der Waals surface area contributed by atoms with Crippen molar-refractivity contribution >= 4 is 11.6 Å². The van der Waals surface area contributed by atoms with Gasteiger partial charge in [-0.15, -0.1) is 0 Å². The van der Waals surface area contributed by atoms with Crippen molar-refractivity contribution in [3.63, 3.8) is 0 Å². The fourth-order valence-electron chi connectivity index (χ4n) is 3.11. The topological polar surface area (TPSA) is 82.3 Å². The highest BCUT2D eigenvalue weighted by Gasteiger charge is 2.11. The molecule has 1 N–H and O–H groups in total. The number of nitrogens with zero attached hydrogens (tertiary/aromatic N) is 2. The van der Waals surface area contributed by atoms with Crippen molar-refractivity contribution in [3.8, 4) is 5.75 Å². The molecule has 1 amide bonds. The van der Waals surface area contributed by atoms with Crippen LogP contribution in [0, 0.1) is 13.8 Å². The van der Waals surface area contributed by atoms with E-state index < -0.39 is 11.1 Å². The third kappa shape index (κ3) is 4.63. The van der Waals surface area contributed by atoms with Crippen molar-refractivity contribution in [1.82, 2.24) is 9.13 Å². The Morgan fingerprint density at radius 2 is 1.69 bits per heavy atom. The lowest BCUT2D eigenvalue weighted by Crippen LogP contribution is -2.42. The first-order valence-electron chi connectivity index (χ1n) is 9.18. The molecule has 3 rings (SSSR count). The summed E-state index contributed by atoms with van der Waals surface area (Å²) in [6, 6.07) is 13.0. The minimum Gasteiger partial charge on any atom is -0.496 e. The summed E-state index contributed by atoms with van der Waals surface area (Å²) >= 11 is 0. The molecule has 0 fully saturated rings. The van der Waals surface area contributed by atoms with Gasteiger partial charge in [0.25, 0.3) is 0 Å². The molecule has 0 spiro atoms. The molecule has 1 heterocycles. The van der Waals surface area contributed by atoms with E-state index in [0.29, 0.717) is 11.4 Å². The number of hydrogen-bond donors (Lipinski definition) is 1. The Morgan fingerprint density at radius 1 is 1.00 bits per heavy atom. The zero-order valence-electron chi connectivity index (χ0n) is 16.6. The summed E-state index contributed by atoms with van der Waals surface area (Å²) in [6.07, 6.45) is 2.95. The van der Waals surface area contributed by atoms with E-state index in [4.69, 9.17) is 4.74 Å². The van der Waals surface area contributed by atoms with Crippen LogP contribution in [0.3, 0.4) is 0 Å². The molecule has 0 radical (unpaired) electrons. The SMILES string of the molecule is COc1ccccc1Cn1ccn(CC(=O)Nc2ccc(C)cc2C)c(=O)c1=O. The van der Waals surface area contributed by atoms with Crippen molar-refractivity contribution < 1.29 is 9.53 Å². The molecule has 0 aliphatic rings. The Hall–Kier alpha value is -3.61. The molecule has 7 nitrogen and oxygen atoms in total. The largest absolute Gasteiger partial charge is 0.496 e. The van der Waals surface area contributed by atoms with Crippen LogP contribution in [-0.2, 0) is 17.9 Å². The smallest absolute Gasteiger partial charge is 0.316 e. The van der Waals surface area contributed by atoms with E-state index in [1.807, 2.05) is 50.2 Å². The number of benzene rings is 2. The van der Waals surface area contributed by atoms with E-state index in [9.17, 15) is 14.4 Å². The molecular formula is C22H23N3O4. The Bertz CT molecular complexity index is 1160. The van der Waals surface area contributed by atoms with Crippen molar-refractivity contribution in [2.75, 3.05) is 12.4 Å². The van der Waals surface area contributed by atoms with E-state index in [0.717, 1.165) is 21.3 Å². The first kappa shape index (κ1) is 20.1. The lowest BCUT2D eigenvalue weighted by atomic mass is 10.1. The Morgan fingerprint density at radius 3 is 2.41 bits per heavy atom. The van der Waals surface area contributed by atoms with Crippen LogP contribution in [0.2, 0.25) is 0 Å². The lowest BCUT2D eigenvalue weighted by Gasteiger charge is -2.12. The van der Waals surface area contributed by atoms with Crippen LogP contribution < -0.4 is 21.2 Å². The fourth-order valence-corrected chi connectivity index (χ4v) is 3.11. The van der Waals surface area contributed by atoms with Gasteiger partial charge in [0.05, 0.1) is 13.7 Å². The van der Waals surface area contributed by atoms with Gasteiger partial charge in [0.2, 0.25) is 5.91 Å².